The van der Waals surface area contributed by atoms with Crippen LogP contribution in [0.2, 0.25) is 0 Å². The van der Waals surface area contributed by atoms with E-state index in [-0.39, 0.29) is 11.4 Å². The first-order valence-corrected chi connectivity index (χ1v) is 7.09. The molecule has 0 radical (unpaired) electrons. The highest BCUT2D eigenvalue weighted by Gasteiger charge is 2.17. The first kappa shape index (κ1) is 14.1. The summed E-state index contributed by atoms with van der Waals surface area (Å²) < 4.78 is 0. The summed E-state index contributed by atoms with van der Waals surface area (Å²) in [7, 11) is 0. The standard InChI is InChI=1S/C16H24N2O/c1-16(2,3)18-15(19)14-6-4-12(5-7-14)13-8-10-17-11-9-13/h4-7,13,17H,8-11H2,1-3H3,(H,18,19). The number of hydrogen-bond acceptors (Lipinski definition) is 2. The Morgan fingerprint density at radius 1 is 1.16 bits per heavy atom. The summed E-state index contributed by atoms with van der Waals surface area (Å²) >= 11 is 0. The highest BCUT2D eigenvalue weighted by molar-refractivity contribution is 5.94. The van der Waals surface area contributed by atoms with E-state index < -0.39 is 0 Å². The molecular formula is C16H24N2O. The van der Waals surface area contributed by atoms with Crippen LogP contribution in [0.4, 0.5) is 0 Å². The summed E-state index contributed by atoms with van der Waals surface area (Å²) in [6.07, 6.45) is 2.38. The molecule has 0 unspecified atom stereocenters. The zero-order valence-corrected chi connectivity index (χ0v) is 12.1. The van der Waals surface area contributed by atoms with Crippen LogP contribution in [0.15, 0.2) is 24.3 Å². The third-order valence-corrected chi connectivity index (χ3v) is 3.47. The van der Waals surface area contributed by atoms with E-state index in [1.165, 1.54) is 18.4 Å². The smallest absolute Gasteiger partial charge is 0.251 e. The lowest BCUT2D eigenvalue weighted by Crippen LogP contribution is -2.40. The third kappa shape index (κ3) is 4.06. The van der Waals surface area contributed by atoms with Crippen LogP contribution in [-0.4, -0.2) is 24.5 Å². The Balaban J connectivity index is 2.03. The molecule has 1 aliphatic heterocycles. The lowest BCUT2D eigenvalue weighted by Gasteiger charge is -2.23. The fraction of sp³-hybridized carbons (Fsp3) is 0.562. The van der Waals surface area contributed by atoms with Gasteiger partial charge in [0, 0.05) is 11.1 Å². The molecule has 2 N–H and O–H groups in total. The number of hydrogen-bond donors (Lipinski definition) is 2. The maximum Gasteiger partial charge on any atom is 0.251 e. The minimum atomic E-state index is -0.190. The van der Waals surface area contributed by atoms with E-state index in [0.717, 1.165) is 18.7 Å². The molecule has 1 amide bonds. The molecule has 1 aromatic carbocycles. The van der Waals surface area contributed by atoms with Crippen molar-refractivity contribution in [1.82, 2.24) is 10.6 Å². The number of amides is 1. The normalized spacial score (nSPS) is 17.2. The highest BCUT2D eigenvalue weighted by Crippen LogP contribution is 2.25. The van der Waals surface area contributed by atoms with Crippen LogP contribution in [0.5, 0.6) is 0 Å². The lowest BCUT2D eigenvalue weighted by atomic mass is 9.90. The lowest BCUT2D eigenvalue weighted by molar-refractivity contribution is 0.0919. The van der Waals surface area contributed by atoms with E-state index in [1.807, 2.05) is 32.9 Å². The van der Waals surface area contributed by atoms with Crippen molar-refractivity contribution in [3.8, 4) is 0 Å². The Morgan fingerprint density at radius 3 is 2.26 bits per heavy atom. The number of nitrogens with one attached hydrogen (secondary N) is 2. The second-order valence-corrected chi connectivity index (χ2v) is 6.35. The molecule has 3 nitrogen and oxygen atoms in total. The van der Waals surface area contributed by atoms with Crippen molar-refractivity contribution < 1.29 is 4.79 Å². The molecule has 0 aliphatic carbocycles. The van der Waals surface area contributed by atoms with Crippen LogP contribution < -0.4 is 10.6 Å². The van der Waals surface area contributed by atoms with Crippen LogP contribution in [0.3, 0.4) is 0 Å². The molecular weight excluding hydrogens is 236 g/mol. The SMILES string of the molecule is CC(C)(C)NC(=O)c1ccc(C2CCNCC2)cc1. The highest BCUT2D eigenvalue weighted by atomic mass is 16.1. The molecule has 1 saturated heterocycles. The molecule has 2 rings (SSSR count). The zero-order chi connectivity index (χ0) is 13.9. The van der Waals surface area contributed by atoms with Gasteiger partial charge in [-0.15, -0.1) is 0 Å². The zero-order valence-electron chi connectivity index (χ0n) is 12.1. The van der Waals surface area contributed by atoms with E-state index in [1.54, 1.807) is 0 Å². The number of benzene rings is 1. The maximum absolute atomic E-state index is 12.0. The van der Waals surface area contributed by atoms with Gasteiger partial charge < -0.3 is 10.6 Å². The molecule has 0 saturated carbocycles. The molecule has 1 aromatic rings. The molecule has 104 valence electrons. The molecule has 19 heavy (non-hydrogen) atoms. The van der Waals surface area contributed by atoms with Crippen molar-refractivity contribution in [3.05, 3.63) is 35.4 Å². The van der Waals surface area contributed by atoms with Crippen molar-refractivity contribution in [3.63, 3.8) is 0 Å². The van der Waals surface area contributed by atoms with Gasteiger partial charge in [-0.05, 0) is 70.3 Å². The molecule has 0 bridgehead atoms. The van der Waals surface area contributed by atoms with E-state index in [9.17, 15) is 4.79 Å². The van der Waals surface area contributed by atoms with Crippen molar-refractivity contribution in [2.24, 2.45) is 0 Å². The average molecular weight is 260 g/mol. The van der Waals surface area contributed by atoms with Gasteiger partial charge in [-0.3, -0.25) is 4.79 Å². The summed E-state index contributed by atoms with van der Waals surface area (Å²) in [6.45, 7) is 8.17. The first-order chi connectivity index (χ1) is 8.96. The molecule has 1 heterocycles. The van der Waals surface area contributed by atoms with Crippen LogP contribution >= 0.6 is 0 Å². The second kappa shape index (κ2) is 5.74. The predicted octanol–water partition coefficient (Wildman–Crippen LogP) is 2.68. The number of rotatable bonds is 2. The number of piperidine rings is 1. The van der Waals surface area contributed by atoms with Gasteiger partial charge >= 0.3 is 0 Å². The monoisotopic (exact) mass is 260 g/mol. The molecule has 0 spiro atoms. The Morgan fingerprint density at radius 2 is 1.74 bits per heavy atom. The minimum Gasteiger partial charge on any atom is -0.347 e. The van der Waals surface area contributed by atoms with Gasteiger partial charge in [-0.25, -0.2) is 0 Å². The minimum absolute atomic E-state index is 0.00404. The Bertz CT molecular complexity index is 425. The molecule has 0 atom stereocenters. The fourth-order valence-corrected chi connectivity index (χ4v) is 2.47. The number of carbonyl (C=O) groups excluding carboxylic acids is 1. The Hall–Kier alpha value is -1.35. The Labute approximate surface area is 115 Å². The molecule has 1 aliphatic rings. The van der Waals surface area contributed by atoms with Gasteiger partial charge in [-0.2, -0.15) is 0 Å². The summed E-state index contributed by atoms with van der Waals surface area (Å²) in [5, 5.41) is 6.36. The van der Waals surface area contributed by atoms with Crippen molar-refractivity contribution in [2.45, 2.75) is 45.1 Å². The second-order valence-electron chi connectivity index (χ2n) is 6.35. The van der Waals surface area contributed by atoms with E-state index in [2.05, 4.69) is 22.8 Å². The van der Waals surface area contributed by atoms with Crippen LogP contribution in [-0.2, 0) is 0 Å². The number of carbonyl (C=O) groups is 1. The van der Waals surface area contributed by atoms with E-state index in [0.29, 0.717) is 5.92 Å². The third-order valence-electron chi connectivity index (χ3n) is 3.47. The maximum atomic E-state index is 12.0. The predicted molar refractivity (Wildman–Crippen MR) is 78.5 cm³/mol. The topological polar surface area (TPSA) is 41.1 Å². The van der Waals surface area contributed by atoms with Crippen molar-refractivity contribution in [2.75, 3.05) is 13.1 Å². The Kier molecular flexibility index (Phi) is 4.25. The van der Waals surface area contributed by atoms with Gasteiger partial charge in [0.25, 0.3) is 5.91 Å². The van der Waals surface area contributed by atoms with Crippen molar-refractivity contribution in [1.29, 1.82) is 0 Å². The first-order valence-electron chi connectivity index (χ1n) is 7.09. The van der Waals surface area contributed by atoms with Gasteiger partial charge in [-0.1, -0.05) is 12.1 Å². The fourth-order valence-electron chi connectivity index (χ4n) is 2.47. The van der Waals surface area contributed by atoms with Gasteiger partial charge in [0.05, 0.1) is 0 Å². The van der Waals surface area contributed by atoms with Crippen LogP contribution in [0, 0.1) is 0 Å². The molecule has 1 fully saturated rings. The van der Waals surface area contributed by atoms with Gasteiger partial charge in [0.2, 0.25) is 0 Å². The largest absolute Gasteiger partial charge is 0.347 e. The van der Waals surface area contributed by atoms with Gasteiger partial charge in [0.1, 0.15) is 0 Å². The summed E-state index contributed by atoms with van der Waals surface area (Å²) in [5.41, 5.74) is 1.91. The summed E-state index contributed by atoms with van der Waals surface area (Å²) in [6, 6.07) is 8.10. The van der Waals surface area contributed by atoms with Crippen LogP contribution in [0.25, 0.3) is 0 Å². The van der Waals surface area contributed by atoms with Crippen LogP contribution in [0.1, 0.15) is 55.5 Å². The van der Waals surface area contributed by atoms with Gasteiger partial charge in [0.15, 0.2) is 0 Å². The van der Waals surface area contributed by atoms with E-state index in [4.69, 9.17) is 0 Å². The summed E-state index contributed by atoms with van der Waals surface area (Å²) in [4.78, 5) is 12.0. The van der Waals surface area contributed by atoms with Crippen molar-refractivity contribution >= 4 is 5.91 Å². The molecule has 3 heteroatoms. The van der Waals surface area contributed by atoms with E-state index >= 15 is 0 Å². The quantitative estimate of drug-likeness (QED) is 0.858. The molecule has 0 aromatic heterocycles. The average Bonchev–Trinajstić information content (AvgIpc) is 2.38. The summed E-state index contributed by atoms with van der Waals surface area (Å²) in [5.74, 6) is 0.644.